The standard InChI is InChI=1S/C21H22N4O6S/c1-30-21-12(7-31-20(23)29)14-16(25(21)6-13-19(21)24-13)17(27)11(15(22)18(14)28)8-32-10-4-2-9(26)3-5-10/h2-5,12-13,19,24,26H,6-8,22H2,1H3,(H2,23,29)/t12-,13+,19+,21-/m1/s1. The summed E-state index contributed by atoms with van der Waals surface area (Å²) >= 11 is 1.34. The number of phenols is 1. The van der Waals surface area contributed by atoms with E-state index in [1.54, 1.807) is 24.3 Å². The van der Waals surface area contributed by atoms with Crippen LogP contribution >= 0.6 is 11.8 Å². The molecule has 3 aliphatic heterocycles. The molecule has 6 N–H and O–H groups in total. The van der Waals surface area contributed by atoms with Crippen molar-refractivity contribution >= 4 is 29.4 Å². The van der Waals surface area contributed by atoms with Gasteiger partial charge in [-0.2, -0.15) is 0 Å². The molecule has 0 unspecified atom stereocenters. The Morgan fingerprint density at radius 1 is 1.31 bits per heavy atom. The van der Waals surface area contributed by atoms with Gasteiger partial charge in [0.2, 0.25) is 11.6 Å². The van der Waals surface area contributed by atoms with Gasteiger partial charge in [-0.15, -0.1) is 11.8 Å². The Hall–Kier alpha value is -3.02. The van der Waals surface area contributed by atoms with E-state index in [1.165, 1.54) is 18.9 Å². The van der Waals surface area contributed by atoms with E-state index >= 15 is 0 Å². The van der Waals surface area contributed by atoms with Gasteiger partial charge in [0.15, 0.2) is 5.72 Å². The molecule has 4 atom stereocenters. The summed E-state index contributed by atoms with van der Waals surface area (Å²) < 4.78 is 11.0. The fourth-order valence-electron chi connectivity index (χ4n) is 5.08. The van der Waals surface area contributed by atoms with Crippen molar-refractivity contribution in [1.82, 2.24) is 10.2 Å². The van der Waals surface area contributed by atoms with Gasteiger partial charge in [0.25, 0.3) is 0 Å². The van der Waals surface area contributed by atoms with Crippen LogP contribution in [0.25, 0.3) is 0 Å². The van der Waals surface area contributed by atoms with Crippen LogP contribution < -0.4 is 16.8 Å². The minimum Gasteiger partial charge on any atom is -0.508 e. The number of carbonyl (C=O) groups excluding carboxylic acids is 3. The van der Waals surface area contributed by atoms with Crippen LogP contribution in [-0.4, -0.2) is 71.5 Å². The SMILES string of the molecule is CO[C@@]12[C@H](COC(N)=O)C3=C(C(=O)C(CSc4ccc(O)cc4)=C(N)C3=O)N1C[C@@H]1N[C@@H]12. The first-order valence-electron chi connectivity index (χ1n) is 10.0. The van der Waals surface area contributed by atoms with E-state index in [0.717, 1.165) is 4.90 Å². The number of aromatic hydroxyl groups is 1. The number of fused-ring (bicyclic) bond motifs is 4. The van der Waals surface area contributed by atoms with Crippen molar-refractivity contribution in [1.29, 1.82) is 0 Å². The first-order chi connectivity index (χ1) is 15.3. The fourth-order valence-corrected chi connectivity index (χ4v) is 6.01. The zero-order valence-electron chi connectivity index (χ0n) is 17.2. The van der Waals surface area contributed by atoms with Crippen LogP contribution in [0.15, 0.2) is 51.7 Å². The van der Waals surface area contributed by atoms with Crippen molar-refractivity contribution in [2.24, 2.45) is 17.4 Å². The van der Waals surface area contributed by atoms with Gasteiger partial charge in [-0.3, -0.25) is 9.59 Å². The Kier molecular flexibility index (Phi) is 4.73. The van der Waals surface area contributed by atoms with Gasteiger partial charge in [-0.25, -0.2) is 4.79 Å². The number of methoxy groups -OCH3 is 1. The van der Waals surface area contributed by atoms with E-state index in [2.05, 4.69) is 5.32 Å². The smallest absolute Gasteiger partial charge is 0.404 e. The van der Waals surface area contributed by atoms with Gasteiger partial charge in [0.1, 0.15) is 12.4 Å². The predicted octanol–water partition coefficient (Wildman–Crippen LogP) is -0.173. The van der Waals surface area contributed by atoms with Crippen molar-refractivity contribution in [2.75, 3.05) is 26.0 Å². The molecule has 32 heavy (non-hydrogen) atoms. The molecule has 4 aliphatic rings. The molecule has 10 nitrogen and oxygen atoms in total. The molecular formula is C21H22N4O6S. The number of Topliss-reactive ketones (excluding diaryl/α,β-unsaturated/α-hetero) is 2. The van der Waals surface area contributed by atoms with Crippen LogP contribution in [0.5, 0.6) is 5.75 Å². The van der Waals surface area contributed by atoms with Crippen molar-refractivity contribution in [3.05, 3.63) is 46.8 Å². The van der Waals surface area contributed by atoms with Crippen molar-refractivity contribution in [2.45, 2.75) is 22.7 Å². The number of piperazine rings is 1. The summed E-state index contributed by atoms with van der Waals surface area (Å²) in [5.74, 6) is -1.16. The van der Waals surface area contributed by atoms with Gasteiger partial charge in [-0.1, -0.05) is 0 Å². The topological polar surface area (TPSA) is 167 Å². The molecule has 168 valence electrons. The third kappa shape index (κ3) is 2.85. The van der Waals surface area contributed by atoms with E-state index in [9.17, 15) is 19.5 Å². The largest absolute Gasteiger partial charge is 0.508 e. The van der Waals surface area contributed by atoms with E-state index in [1.807, 2.05) is 4.90 Å². The first kappa shape index (κ1) is 20.9. The molecule has 0 spiro atoms. The number of primary amides is 1. The summed E-state index contributed by atoms with van der Waals surface area (Å²) in [6.07, 6.45) is -0.973. The Morgan fingerprint density at radius 3 is 2.69 bits per heavy atom. The van der Waals surface area contributed by atoms with Crippen LogP contribution in [0.3, 0.4) is 0 Å². The molecule has 0 radical (unpaired) electrons. The summed E-state index contributed by atoms with van der Waals surface area (Å²) in [5.41, 5.74) is 10.9. The number of carbonyl (C=O) groups is 3. The van der Waals surface area contributed by atoms with Crippen LogP contribution in [0.2, 0.25) is 0 Å². The molecule has 1 aromatic rings. The molecule has 2 fully saturated rings. The number of amides is 1. The van der Waals surface area contributed by atoms with Gasteiger partial charge in [0.05, 0.1) is 23.4 Å². The summed E-state index contributed by atoms with van der Waals surface area (Å²) in [4.78, 5) is 40.9. The van der Waals surface area contributed by atoms with Crippen LogP contribution in [0.1, 0.15) is 0 Å². The number of hydrogen-bond acceptors (Lipinski definition) is 10. The second-order valence-electron chi connectivity index (χ2n) is 8.10. The molecule has 1 aromatic carbocycles. The average molecular weight is 458 g/mol. The molecule has 0 bridgehead atoms. The van der Waals surface area contributed by atoms with Crippen molar-refractivity contribution in [3.63, 3.8) is 0 Å². The van der Waals surface area contributed by atoms with E-state index in [4.69, 9.17) is 20.9 Å². The second kappa shape index (κ2) is 7.26. The number of thioether (sulfide) groups is 1. The number of ether oxygens (including phenoxy) is 2. The lowest BCUT2D eigenvalue weighted by Gasteiger charge is -2.39. The highest BCUT2D eigenvalue weighted by Crippen LogP contribution is 2.55. The lowest BCUT2D eigenvalue weighted by molar-refractivity contribution is -0.137. The van der Waals surface area contributed by atoms with Crippen LogP contribution in [0, 0.1) is 5.92 Å². The maximum Gasteiger partial charge on any atom is 0.404 e. The number of ketones is 2. The van der Waals surface area contributed by atoms with Crippen LogP contribution in [-0.2, 0) is 19.1 Å². The molecule has 1 aliphatic carbocycles. The Bertz CT molecular complexity index is 1100. The molecule has 0 saturated carbocycles. The number of nitrogens with two attached hydrogens (primary N) is 2. The third-order valence-corrected chi connectivity index (χ3v) is 7.59. The summed E-state index contributed by atoms with van der Waals surface area (Å²) in [6, 6.07) is 6.53. The highest BCUT2D eigenvalue weighted by Gasteiger charge is 2.72. The minimum absolute atomic E-state index is 0.112. The van der Waals surface area contributed by atoms with E-state index < -0.39 is 23.5 Å². The van der Waals surface area contributed by atoms with Gasteiger partial charge in [0, 0.05) is 41.5 Å². The molecule has 1 amide bonds. The molecule has 2 saturated heterocycles. The normalized spacial score (nSPS) is 30.4. The number of hydrogen-bond donors (Lipinski definition) is 4. The van der Waals surface area contributed by atoms with Crippen LogP contribution in [0.4, 0.5) is 4.79 Å². The lowest BCUT2D eigenvalue weighted by atomic mass is 9.82. The Balaban J connectivity index is 1.49. The number of nitrogens with one attached hydrogen (secondary N) is 1. The summed E-state index contributed by atoms with van der Waals surface area (Å²) in [7, 11) is 1.51. The summed E-state index contributed by atoms with van der Waals surface area (Å²) in [5, 5.41) is 12.8. The monoisotopic (exact) mass is 458 g/mol. The molecule has 11 heteroatoms. The maximum atomic E-state index is 13.6. The fraction of sp³-hybridized carbons (Fsp3) is 0.381. The molecule has 0 aromatic heterocycles. The van der Waals surface area contributed by atoms with Crippen molar-refractivity contribution in [3.8, 4) is 5.75 Å². The Morgan fingerprint density at radius 2 is 2.03 bits per heavy atom. The molecule has 5 rings (SSSR count). The van der Waals surface area contributed by atoms with E-state index in [0.29, 0.717) is 6.54 Å². The van der Waals surface area contributed by atoms with Gasteiger partial charge < -0.3 is 36.3 Å². The van der Waals surface area contributed by atoms with E-state index in [-0.39, 0.29) is 58.5 Å². The third-order valence-electron chi connectivity index (χ3n) is 6.55. The average Bonchev–Trinajstić information content (AvgIpc) is 3.38. The number of phenolic OH excluding ortho intramolecular Hbond substituents is 1. The number of nitrogens with zero attached hydrogens (tertiary/aromatic N) is 1. The minimum atomic E-state index is -1.03. The van der Waals surface area contributed by atoms with Gasteiger partial charge in [-0.05, 0) is 24.3 Å². The number of rotatable bonds is 6. The van der Waals surface area contributed by atoms with Crippen molar-refractivity contribution < 1.29 is 29.0 Å². The maximum absolute atomic E-state index is 13.6. The highest BCUT2D eigenvalue weighted by molar-refractivity contribution is 7.99. The molecular weight excluding hydrogens is 436 g/mol. The zero-order chi connectivity index (χ0) is 22.8. The molecule has 3 heterocycles. The summed E-state index contributed by atoms with van der Waals surface area (Å²) in [6.45, 7) is 0.287. The number of benzene rings is 1. The predicted molar refractivity (Wildman–Crippen MR) is 113 cm³/mol. The second-order valence-corrected chi connectivity index (χ2v) is 9.14. The number of allylic oxidation sites excluding steroid dienone is 2. The Labute approximate surface area is 187 Å². The first-order valence-corrected chi connectivity index (χ1v) is 11.0. The highest BCUT2D eigenvalue weighted by atomic mass is 32.2. The lowest BCUT2D eigenvalue weighted by Crippen LogP contribution is -2.55. The quantitative estimate of drug-likeness (QED) is 0.255. The zero-order valence-corrected chi connectivity index (χ0v) is 18.0. The van der Waals surface area contributed by atoms with Gasteiger partial charge >= 0.3 is 6.09 Å².